The number of nitro benzene ring substituents is 1. The normalized spacial score (nSPS) is 14.4. The number of methoxy groups -OCH3 is 1. The van der Waals surface area contributed by atoms with Crippen LogP contribution in [-0.2, 0) is 20.4 Å². The SMILES string of the molecule is COc1ccc(/C=C2/Sc3ccc(S(=O)(=O)Cc4c(C)cccc4C)cc3NC2=O)cc1[N+](=O)[O-]. The summed E-state index contributed by atoms with van der Waals surface area (Å²) < 4.78 is 31.3. The first-order valence-corrected chi connectivity index (χ1v) is 13.0. The Morgan fingerprint density at radius 1 is 1.09 bits per heavy atom. The average Bonchev–Trinajstić information content (AvgIpc) is 2.81. The maximum atomic E-state index is 13.1. The molecule has 10 heteroatoms. The van der Waals surface area contributed by atoms with E-state index in [0.29, 0.717) is 21.1 Å². The lowest BCUT2D eigenvalue weighted by molar-refractivity contribution is -0.385. The van der Waals surface area contributed by atoms with Crippen molar-refractivity contribution < 1.29 is 22.9 Å². The van der Waals surface area contributed by atoms with E-state index >= 15 is 0 Å². The highest BCUT2D eigenvalue weighted by Gasteiger charge is 2.25. The van der Waals surface area contributed by atoms with Crippen LogP contribution in [0.1, 0.15) is 22.3 Å². The summed E-state index contributed by atoms with van der Waals surface area (Å²) in [6.07, 6.45) is 1.54. The molecule has 180 valence electrons. The summed E-state index contributed by atoms with van der Waals surface area (Å²) in [6.45, 7) is 3.76. The van der Waals surface area contributed by atoms with Crippen LogP contribution in [-0.4, -0.2) is 26.4 Å². The zero-order valence-corrected chi connectivity index (χ0v) is 20.8. The second-order valence-corrected chi connectivity index (χ2v) is 11.1. The molecule has 0 spiro atoms. The first-order valence-electron chi connectivity index (χ1n) is 10.5. The molecule has 3 aromatic carbocycles. The molecule has 0 fully saturated rings. The minimum absolute atomic E-state index is 0.123. The third-order valence-corrected chi connectivity index (χ3v) is 8.42. The fourth-order valence-electron chi connectivity index (χ4n) is 3.77. The minimum atomic E-state index is -3.64. The fourth-order valence-corrected chi connectivity index (χ4v) is 6.28. The van der Waals surface area contributed by atoms with Crippen molar-refractivity contribution >= 4 is 45.0 Å². The Morgan fingerprint density at radius 2 is 1.80 bits per heavy atom. The van der Waals surface area contributed by atoms with Gasteiger partial charge >= 0.3 is 5.69 Å². The van der Waals surface area contributed by atoms with E-state index in [1.54, 1.807) is 18.2 Å². The number of hydrogen-bond donors (Lipinski definition) is 1. The number of benzene rings is 3. The van der Waals surface area contributed by atoms with Crippen LogP contribution in [0.15, 0.2) is 69.3 Å². The monoisotopic (exact) mass is 510 g/mol. The molecule has 0 saturated carbocycles. The molecule has 0 bridgehead atoms. The van der Waals surface area contributed by atoms with Crippen LogP contribution < -0.4 is 10.1 Å². The van der Waals surface area contributed by atoms with Crippen molar-refractivity contribution in [3.63, 3.8) is 0 Å². The maximum Gasteiger partial charge on any atom is 0.311 e. The van der Waals surface area contributed by atoms with Gasteiger partial charge in [0.15, 0.2) is 15.6 Å². The Morgan fingerprint density at radius 3 is 2.46 bits per heavy atom. The molecule has 4 rings (SSSR count). The molecule has 1 amide bonds. The highest BCUT2D eigenvalue weighted by Crippen LogP contribution is 2.41. The maximum absolute atomic E-state index is 13.1. The lowest BCUT2D eigenvalue weighted by Crippen LogP contribution is -2.18. The Labute approximate surface area is 207 Å². The Hall–Kier alpha value is -3.63. The van der Waals surface area contributed by atoms with Crippen molar-refractivity contribution in [3.05, 3.63) is 91.9 Å². The predicted octanol–water partition coefficient (Wildman–Crippen LogP) is 5.28. The van der Waals surface area contributed by atoms with E-state index < -0.39 is 20.7 Å². The van der Waals surface area contributed by atoms with E-state index in [-0.39, 0.29) is 22.1 Å². The van der Waals surface area contributed by atoms with Gasteiger partial charge in [-0.1, -0.05) is 36.0 Å². The van der Waals surface area contributed by atoms with Gasteiger partial charge in [-0.15, -0.1) is 0 Å². The Bertz CT molecular complexity index is 1480. The van der Waals surface area contributed by atoms with Crippen molar-refractivity contribution in [1.29, 1.82) is 0 Å². The van der Waals surface area contributed by atoms with Crippen molar-refractivity contribution in [1.82, 2.24) is 0 Å². The molecule has 1 heterocycles. The highest BCUT2D eigenvalue weighted by atomic mass is 32.2. The number of aryl methyl sites for hydroxylation is 2. The van der Waals surface area contributed by atoms with E-state index in [1.165, 1.54) is 43.1 Å². The molecule has 0 aromatic heterocycles. The summed E-state index contributed by atoms with van der Waals surface area (Å²) in [5.74, 6) is -0.435. The van der Waals surface area contributed by atoms with Gasteiger partial charge in [0.25, 0.3) is 5.91 Å². The first kappa shape index (κ1) is 24.5. The zero-order valence-electron chi connectivity index (χ0n) is 19.2. The molecular weight excluding hydrogens is 488 g/mol. The van der Waals surface area contributed by atoms with Gasteiger partial charge < -0.3 is 10.1 Å². The standard InChI is InChI=1S/C25H22N2O6S2/c1-15-5-4-6-16(2)19(15)14-35(31,32)18-8-10-23-20(13-18)26-25(28)24(34-23)12-17-7-9-22(33-3)21(11-17)27(29)30/h4-13H,14H2,1-3H3,(H,26,28)/b24-12+. The molecule has 0 unspecified atom stereocenters. The minimum Gasteiger partial charge on any atom is -0.490 e. The molecule has 3 aromatic rings. The number of hydrogen-bond acceptors (Lipinski definition) is 7. The van der Waals surface area contributed by atoms with E-state index in [1.807, 2.05) is 32.0 Å². The highest BCUT2D eigenvalue weighted by molar-refractivity contribution is 8.04. The number of carbonyl (C=O) groups is 1. The van der Waals surface area contributed by atoms with Crippen LogP contribution in [0, 0.1) is 24.0 Å². The summed E-state index contributed by atoms with van der Waals surface area (Å²) in [4.78, 5) is 24.6. The predicted molar refractivity (Wildman–Crippen MR) is 135 cm³/mol. The van der Waals surface area contributed by atoms with E-state index in [4.69, 9.17) is 4.74 Å². The van der Waals surface area contributed by atoms with Crippen molar-refractivity contribution in [3.8, 4) is 5.75 Å². The van der Waals surface area contributed by atoms with Crippen LogP contribution in [0.2, 0.25) is 0 Å². The van der Waals surface area contributed by atoms with Crippen LogP contribution in [0.25, 0.3) is 6.08 Å². The molecule has 0 aliphatic carbocycles. The first-order chi connectivity index (χ1) is 16.6. The molecular formula is C25H22N2O6S2. The van der Waals surface area contributed by atoms with Gasteiger partial charge in [0, 0.05) is 11.0 Å². The topological polar surface area (TPSA) is 116 Å². The number of carbonyl (C=O) groups excluding carboxylic acids is 1. The third-order valence-electron chi connectivity index (χ3n) is 5.68. The molecule has 0 saturated heterocycles. The lowest BCUT2D eigenvalue weighted by atomic mass is 10.1. The largest absolute Gasteiger partial charge is 0.490 e. The second-order valence-electron chi connectivity index (χ2n) is 8.04. The van der Waals surface area contributed by atoms with Crippen LogP contribution in [0.4, 0.5) is 11.4 Å². The second kappa shape index (κ2) is 9.55. The molecule has 35 heavy (non-hydrogen) atoms. The average molecular weight is 511 g/mol. The number of anilines is 1. The van der Waals surface area contributed by atoms with Crippen LogP contribution in [0.3, 0.4) is 0 Å². The summed E-state index contributed by atoms with van der Waals surface area (Å²) in [5.41, 5.74) is 3.24. The molecule has 0 radical (unpaired) electrons. The molecule has 1 aliphatic rings. The van der Waals surface area contributed by atoms with E-state index in [2.05, 4.69) is 5.32 Å². The number of amides is 1. The van der Waals surface area contributed by atoms with Gasteiger partial charge in [0.1, 0.15) is 0 Å². The lowest BCUT2D eigenvalue weighted by Gasteiger charge is -2.20. The van der Waals surface area contributed by atoms with E-state index in [0.717, 1.165) is 16.7 Å². The summed E-state index contributed by atoms with van der Waals surface area (Å²) in [6, 6.07) is 14.7. The fraction of sp³-hybridized carbons (Fsp3) is 0.160. The van der Waals surface area contributed by atoms with Crippen molar-refractivity contribution in [2.75, 3.05) is 12.4 Å². The summed E-state index contributed by atoms with van der Waals surface area (Å²) in [7, 11) is -2.30. The molecule has 8 nitrogen and oxygen atoms in total. The van der Waals surface area contributed by atoms with E-state index in [9.17, 15) is 23.3 Å². The van der Waals surface area contributed by atoms with Gasteiger partial charge in [0.2, 0.25) is 0 Å². The van der Waals surface area contributed by atoms with Crippen LogP contribution in [0.5, 0.6) is 5.75 Å². The molecule has 1 aliphatic heterocycles. The smallest absolute Gasteiger partial charge is 0.311 e. The van der Waals surface area contributed by atoms with Gasteiger partial charge in [0.05, 0.1) is 33.3 Å². The Kier molecular flexibility index (Phi) is 6.68. The third kappa shape index (κ3) is 5.08. The van der Waals surface area contributed by atoms with Gasteiger partial charge in [-0.05, 0) is 66.4 Å². The quantitative estimate of drug-likeness (QED) is 0.272. The van der Waals surface area contributed by atoms with Crippen molar-refractivity contribution in [2.24, 2.45) is 0 Å². The number of fused-ring (bicyclic) bond motifs is 1. The number of sulfone groups is 1. The van der Waals surface area contributed by atoms with Crippen LogP contribution >= 0.6 is 11.8 Å². The molecule has 0 atom stereocenters. The summed E-state index contributed by atoms with van der Waals surface area (Å²) >= 11 is 1.17. The van der Waals surface area contributed by atoms with Gasteiger partial charge in [-0.3, -0.25) is 14.9 Å². The van der Waals surface area contributed by atoms with Gasteiger partial charge in [-0.2, -0.15) is 0 Å². The van der Waals surface area contributed by atoms with Crippen molar-refractivity contribution in [2.45, 2.75) is 29.4 Å². The number of nitrogens with zero attached hydrogens (tertiary/aromatic N) is 1. The zero-order chi connectivity index (χ0) is 25.3. The number of nitro groups is 1. The van der Waals surface area contributed by atoms with Gasteiger partial charge in [-0.25, -0.2) is 8.42 Å². The molecule has 1 N–H and O–H groups in total. The number of ether oxygens (including phenoxy) is 1. The number of rotatable bonds is 6. The number of nitrogens with one attached hydrogen (secondary N) is 1. The summed E-state index contributed by atoms with van der Waals surface area (Å²) in [5, 5.41) is 14.0. The Balaban J connectivity index is 1.62. The number of thioether (sulfide) groups is 1.